The number of fused-ring (bicyclic) bond motifs is 7. The van der Waals surface area contributed by atoms with E-state index in [1.165, 1.54) is 5.57 Å². The Morgan fingerprint density at radius 1 is 0.820 bits per heavy atom. The Morgan fingerprint density at radius 3 is 2.10 bits per heavy atom. The molecular formula is C50H73ClN2O8. The molecule has 5 saturated carbocycles. The highest BCUT2D eigenvalue weighted by molar-refractivity contribution is 6.30. The summed E-state index contributed by atoms with van der Waals surface area (Å²) in [5.74, 6) is -1.20. The monoisotopic (exact) mass is 865 g/mol. The van der Waals surface area contributed by atoms with Gasteiger partial charge in [-0.3, -0.25) is 19.2 Å². The first-order valence-corrected chi connectivity index (χ1v) is 23.6. The maximum absolute atomic E-state index is 14.2. The Kier molecular flexibility index (Phi) is 12.1. The van der Waals surface area contributed by atoms with Crippen molar-refractivity contribution >= 4 is 35.2 Å². The van der Waals surface area contributed by atoms with Crippen molar-refractivity contribution in [2.45, 2.75) is 158 Å². The van der Waals surface area contributed by atoms with E-state index in [4.69, 9.17) is 16.3 Å². The molecule has 0 bridgehead atoms. The maximum atomic E-state index is 14.2. The van der Waals surface area contributed by atoms with E-state index in [0.29, 0.717) is 35.3 Å². The van der Waals surface area contributed by atoms with Crippen LogP contribution in [0.5, 0.6) is 0 Å². The molecule has 13 atom stereocenters. The van der Waals surface area contributed by atoms with Gasteiger partial charge >= 0.3 is 11.9 Å². The highest BCUT2D eigenvalue weighted by atomic mass is 35.5. The second-order valence-corrected chi connectivity index (χ2v) is 23.1. The number of carboxylic acid groups (broad SMARTS) is 1. The van der Waals surface area contributed by atoms with Gasteiger partial charge in [0.1, 0.15) is 6.10 Å². The number of allylic oxidation sites excluding steroid dienone is 1. The van der Waals surface area contributed by atoms with Gasteiger partial charge in [-0.2, -0.15) is 0 Å². The summed E-state index contributed by atoms with van der Waals surface area (Å²) in [6.45, 7) is 22.2. The molecule has 7 rings (SSSR count). The Balaban J connectivity index is 1.09. The van der Waals surface area contributed by atoms with Crippen molar-refractivity contribution in [3.8, 4) is 0 Å². The third-order valence-corrected chi connectivity index (χ3v) is 19.1. The number of rotatable bonds is 12. The van der Waals surface area contributed by atoms with Crippen LogP contribution in [0.25, 0.3) is 0 Å². The van der Waals surface area contributed by atoms with Crippen LogP contribution in [0, 0.1) is 68.0 Å². The van der Waals surface area contributed by atoms with Gasteiger partial charge in [-0.1, -0.05) is 79.5 Å². The average Bonchev–Trinajstić information content (AvgIpc) is 3.48. The van der Waals surface area contributed by atoms with Crippen LogP contribution in [0.3, 0.4) is 0 Å². The molecule has 11 heteroatoms. The molecule has 10 nitrogen and oxygen atoms in total. The molecule has 61 heavy (non-hydrogen) atoms. The molecule has 0 radical (unpaired) electrons. The van der Waals surface area contributed by atoms with E-state index < -0.39 is 46.9 Å². The minimum Gasteiger partial charge on any atom is -0.481 e. The Hall–Kier alpha value is -2.79. The second-order valence-electron chi connectivity index (χ2n) is 22.6. The largest absolute Gasteiger partial charge is 0.481 e. The smallest absolute Gasteiger partial charge is 0.309 e. The van der Waals surface area contributed by atoms with E-state index in [9.17, 15) is 34.5 Å². The number of hydrogen-bond acceptors (Lipinski definition) is 8. The van der Waals surface area contributed by atoms with Crippen LogP contribution in [-0.4, -0.2) is 76.4 Å². The highest BCUT2D eigenvalue weighted by Crippen LogP contribution is 2.77. The lowest BCUT2D eigenvalue weighted by molar-refractivity contribution is -0.238. The van der Waals surface area contributed by atoms with Gasteiger partial charge in [-0.05, 0) is 140 Å². The van der Waals surface area contributed by atoms with Crippen LogP contribution in [0.2, 0.25) is 5.02 Å². The standard InChI is InChI=1S/C50H73ClN2O8/c1-27(2)40-35(55)24-50(38(56)26-52-25-34(28(3)54)53-42(57)29-11-13-30(51)14-12-29)22-21-48(9)31(41(40)50)15-16-37-47(8)19-18-39(46(6,7)36(47)17-20-49(37,48)10)61-44(60)33-23-32(43(58)59)45(33,4)5/h11-14,27-28,31-34,36-39,52,54,56H,15-26H2,1-10H3,(H,53,57)(H,58,59)/t28?,31-,32+,33-,34-,36+,37-,38+,39+,47+,48-,49-,50+/m1/s1. The first kappa shape index (κ1) is 46.2. The van der Waals surface area contributed by atoms with Gasteiger partial charge in [-0.15, -0.1) is 0 Å². The fourth-order valence-electron chi connectivity index (χ4n) is 15.0. The Labute approximate surface area is 368 Å². The number of aliphatic carboxylic acids is 1. The van der Waals surface area contributed by atoms with Crippen molar-refractivity contribution in [2.75, 3.05) is 13.1 Å². The lowest BCUT2D eigenvalue weighted by Crippen LogP contribution is -2.66. The summed E-state index contributed by atoms with van der Waals surface area (Å²) in [6, 6.07) is 5.99. The fourth-order valence-corrected chi connectivity index (χ4v) is 15.1. The van der Waals surface area contributed by atoms with Crippen molar-refractivity contribution in [3.63, 3.8) is 0 Å². The molecule has 1 amide bonds. The molecule has 6 aliphatic rings. The number of aliphatic hydroxyl groups excluding tert-OH is 2. The van der Waals surface area contributed by atoms with Crippen LogP contribution >= 0.6 is 11.6 Å². The predicted octanol–water partition coefficient (Wildman–Crippen LogP) is 8.41. The fraction of sp³-hybridized carbons (Fsp3) is 0.760. The first-order chi connectivity index (χ1) is 28.4. The van der Waals surface area contributed by atoms with Gasteiger partial charge in [0.05, 0.1) is 30.1 Å². The van der Waals surface area contributed by atoms with Crippen molar-refractivity contribution in [3.05, 3.63) is 46.0 Å². The summed E-state index contributed by atoms with van der Waals surface area (Å²) in [5.41, 5.74) is 0.933. The normalized spacial score (nSPS) is 38.8. The Bertz CT molecular complexity index is 1940. The number of aliphatic hydroxyl groups is 2. The quantitative estimate of drug-likeness (QED) is 0.130. The molecule has 0 aromatic heterocycles. The lowest BCUT2D eigenvalue weighted by atomic mass is 9.33. The number of halogens is 1. The molecule has 0 saturated heterocycles. The number of carbonyl (C=O) groups is 4. The van der Waals surface area contributed by atoms with E-state index in [1.807, 2.05) is 13.8 Å². The SMILES string of the molecule is CC(C)C1=C2[C@H]3CC[C@@H]4[C@@]5(C)CC[C@H](OC(=O)[C@H]6C[C@@H](C(=O)O)C6(C)C)C(C)(C)[C@@H]5CC[C@@]4(C)[C@]3(C)CC[C@@]2([C@@H](O)CNC[C@@H](NC(=O)c2ccc(Cl)cc2)C(C)O)CC1=O. The first-order valence-electron chi connectivity index (χ1n) is 23.2. The molecule has 0 heterocycles. The summed E-state index contributed by atoms with van der Waals surface area (Å²) in [6.07, 6.45) is 6.19. The lowest BCUT2D eigenvalue weighted by Gasteiger charge is -2.72. The summed E-state index contributed by atoms with van der Waals surface area (Å²) >= 11 is 6.02. The zero-order valence-electron chi connectivity index (χ0n) is 38.3. The van der Waals surface area contributed by atoms with Crippen LogP contribution in [0.4, 0.5) is 0 Å². The molecule has 1 aromatic carbocycles. The van der Waals surface area contributed by atoms with Crippen LogP contribution in [0.15, 0.2) is 35.4 Å². The van der Waals surface area contributed by atoms with Crippen LogP contribution in [-0.2, 0) is 19.1 Å². The van der Waals surface area contributed by atoms with Gasteiger partial charge in [0, 0.05) is 40.9 Å². The minimum atomic E-state index is -0.846. The maximum Gasteiger partial charge on any atom is 0.309 e. The predicted molar refractivity (Wildman–Crippen MR) is 236 cm³/mol. The molecule has 5 N–H and O–H groups in total. The average molecular weight is 866 g/mol. The topological polar surface area (TPSA) is 162 Å². The number of carbonyl (C=O) groups excluding carboxylic acids is 3. The number of hydrogen-bond donors (Lipinski definition) is 5. The van der Waals surface area contributed by atoms with Gasteiger partial charge < -0.3 is 30.7 Å². The zero-order chi connectivity index (χ0) is 44.8. The van der Waals surface area contributed by atoms with Crippen molar-refractivity contribution < 1.29 is 39.2 Å². The van der Waals surface area contributed by atoms with E-state index in [-0.39, 0.29) is 70.3 Å². The highest BCUT2D eigenvalue weighted by Gasteiger charge is 2.71. The van der Waals surface area contributed by atoms with Crippen molar-refractivity contribution in [1.82, 2.24) is 10.6 Å². The van der Waals surface area contributed by atoms with Crippen LogP contribution < -0.4 is 10.6 Å². The molecular weight excluding hydrogens is 792 g/mol. The number of Topliss-reactive ketones (excluding diaryl/α,β-unsaturated/α-hetero) is 1. The third kappa shape index (κ3) is 7.24. The molecule has 5 fully saturated rings. The molecule has 1 unspecified atom stereocenters. The zero-order valence-corrected chi connectivity index (χ0v) is 39.1. The molecule has 1 aromatic rings. The van der Waals surface area contributed by atoms with Crippen LogP contribution in [0.1, 0.15) is 144 Å². The van der Waals surface area contributed by atoms with E-state index in [2.05, 4.69) is 59.1 Å². The summed E-state index contributed by atoms with van der Waals surface area (Å²) in [4.78, 5) is 52.7. The van der Waals surface area contributed by atoms with Crippen molar-refractivity contribution in [2.24, 2.45) is 68.0 Å². The number of esters is 1. The molecule has 0 aliphatic heterocycles. The summed E-state index contributed by atoms with van der Waals surface area (Å²) < 4.78 is 6.42. The summed E-state index contributed by atoms with van der Waals surface area (Å²) in [5, 5.41) is 39.5. The Morgan fingerprint density at radius 2 is 1.49 bits per heavy atom. The van der Waals surface area contributed by atoms with E-state index in [0.717, 1.165) is 56.9 Å². The van der Waals surface area contributed by atoms with Gasteiger partial charge in [-0.25, -0.2) is 0 Å². The number of nitrogens with one attached hydrogen (secondary N) is 2. The minimum absolute atomic E-state index is 0.00850. The van der Waals surface area contributed by atoms with Gasteiger partial charge in [0.25, 0.3) is 5.91 Å². The number of ketones is 1. The number of benzene rings is 1. The van der Waals surface area contributed by atoms with Crippen molar-refractivity contribution in [1.29, 1.82) is 0 Å². The number of amides is 1. The number of carboxylic acids is 1. The number of ether oxygens (including phenoxy) is 1. The van der Waals surface area contributed by atoms with Gasteiger partial charge in [0.15, 0.2) is 5.78 Å². The summed E-state index contributed by atoms with van der Waals surface area (Å²) in [7, 11) is 0. The molecule has 0 spiro atoms. The second kappa shape index (κ2) is 16.0. The van der Waals surface area contributed by atoms with Gasteiger partial charge in [0.2, 0.25) is 0 Å². The van der Waals surface area contributed by atoms with E-state index in [1.54, 1.807) is 31.2 Å². The molecule has 6 aliphatic carbocycles. The molecule has 338 valence electrons. The third-order valence-electron chi connectivity index (χ3n) is 18.9. The van der Waals surface area contributed by atoms with E-state index >= 15 is 0 Å².